The van der Waals surface area contributed by atoms with E-state index in [9.17, 15) is 26.7 Å². The molecule has 30 heavy (non-hydrogen) atoms. The van der Waals surface area contributed by atoms with Gasteiger partial charge in [-0.2, -0.15) is 4.72 Å². The van der Waals surface area contributed by atoms with Crippen LogP contribution in [-0.4, -0.2) is 40.5 Å². The van der Waals surface area contributed by atoms with Crippen LogP contribution in [0.15, 0.2) is 60.0 Å². The standard InChI is InChI=1S/C19H20N2O6S3/c22-19(23)17(11-20-29(24,25)12-14-4-2-1-3-5-14)21-30(26,27)13-15-6-7-18-16(10-15)8-9-28-18/h1-10,17,20-21H,11-13H2,(H,22,23)/t17-/m1/s1. The summed E-state index contributed by atoms with van der Waals surface area (Å²) < 4.78 is 54.6. The minimum atomic E-state index is -4.02. The van der Waals surface area contributed by atoms with E-state index in [2.05, 4.69) is 9.44 Å². The SMILES string of the molecule is O=C(O)[C@@H](CNS(=O)(=O)Cc1ccccc1)NS(=O)(=O)Cc1ccc2sccc2c1. The highest BCUT2D eigenvalue weighted by Gasteiger charge is 2.26. The zero-order valence-electron chi connectivity index (χ0n) is 15.7. The molecular formula is C19H20N2O6S3. The van der Waals surface area contributed by atoms with E-state index in [1.54, 1.807) is 48.5 Å². The van der Waals surface area contributed by atoms with Gasteiger partial charge in [-0.15, -0.1) is 11.3 Å². The maximum absolute atomic E-state index is 12.5. The van der Waals surface area contributed by atoms with Gasteiger partial charge >= 0.3 is 5.97 Å². The third-order valence-corrected chi connectivity index (χ3v) is 7.78. The molecule has 1 atom stereocenters. The van der Waals surface area contributed by atoms with E-state index in [1.807, 2.05) is 11.4 Å². The molecule has 3 N–H and O–H groups in total. The van der Waals surface area contributed by atoms with Gasteiger partial charge in [0.15, 0.2) is 0 Å². The van der Waals surface area contributed by atoms with E-state index >= 15 is 0 Å². The highest BCUT2D eigenvalue weighted by Crippen LogP contribution is 2.22. The molecule has 0 radical (unpaired) electrons. The molecule has 0 unspecified atom stereocenters. The Kier molecular flexibility index (Phi) is 6.88. The van der Waals surface area contributed by atoms with Crippen molar-refractivity contribution in [1.29, 1.82) is 0 Å². The van der Waals surface area contributed by atoms with Crippen LogP contribution in [0.4, 0.5) is 0 Å². The highest BCUT2D eigenvalue weighted by atomic mass is 32.2. The number of hydrogen-bond donors (Lipinski definition) is 3. The molecule has 0 aliphatic rings. The Balaban J connectivity index is 1.64. The first-order valence-corrected chi connectivity index (χ1v) is 13.0. The van der Waals surface area contributed by atoms with E-state index in [0.29, 0.717) is 11.1 Å². The predicted octanol–water partition coefficient (Wildman–Crippen LogP) is 1.89. The molecule has 2 aromatic carbocycles. The molecule has 0 fully saturated rings. The second-order valence-electron chi connectivity index (χ2n) is 6.65. The van der Waals surface area contributed by atoms with Crippen LogP contribution in [0, 0.1) is 0 Å². The Morgan fingerprint density at radius 2 is 1.63 bits per heavy atom. The number of nitrogens with one attached hydrogen (secondary N) is 2. The molecule has 0 saturated heterocycles. The Morgan fingerprint density at radius 3 is 2.33 bits per heavy atom. The molecule has 11 heteroatoms. The van der Waals surface area contributed by atoms with Crippen molar-refractivity contribution in [3.8, 4) is 0 Å². The maximum Gasteiger partial charge on any atom is 0.323 e. The maximum atomic E-state index is 12.5. The highest BCUT2D eigenvalue weighted by molar-refractivity contribution is 7.89. The van der Waals surface area contributed by atoms with E-state index in [0.717, 1.165) is 10.1 Å². The average Bonchev–Trinajstić information content (AvgIpc) is 3.13. The monoisotopic (exact) mass is 468 g/mol. The van der Waals surface area contributed by atoms with Crippen molar-refractivity contribution in [3.05, 3.63) is 71.1 Å². The number of rotatable bonds is 10. The Labute approximate surface area is 178 Å². The van der Waals surface area contributed by atoms with E-state index in [-0.39, 0.29) is 5.75 Å². The number of carboxylic acids is 1. The third-order valence-electron chi connectivity index (χ3n) is 4.20. The number of thiophene rings is 1. The summed E-state index contributed by atoms with van der Waals surface area (Å²) in [5, 5.41) is 12.1. The van der Waals surface area contributed by atoms with Crippen molar-refractivity contribution in [3.63, 3.8) is 0 Å². The number of carboxylic acid groups (broad SMARTS) is 1. The van der Waals surface area contributed by atoms with Gasteiger partial charge in [0, 0.05) is 11.2 Å². The van der Waals surface area contributed by atoms with Crippen molar-refractivity contribution in [2.75, 3.05) is 6.54 Å². The lowest BCUT2D eigenvalue weighted by molar-refractivity contribution is -0.138. The third kappa shape index (κ3) is 6.34. The second-order valence-corrected chi connectivity index (χ2v) is 11.2. The first-order chi connectivity index (χ1) is 14.1. The normalized spacial score (nSPS) is 13.3. The van der Waals surface area contributed by atoms with Crippen LogP contribution in [0.2, 0.25) is 0 Å². The van der Waals surface area contributed by atoms with Crippen LogP contribution in [0.5, 0.6) is 0 Å². The first kappa shape index (κ1) is 22.4. The molecule has 0 bridgehead atoms. The summed E-state index contributed by atoms with van der Waals surface area (Å²) >= 11 is 1.53. The molecule has 1 heterocycles. The van der Waals surface area contributed by atoms with Crippen LogP contribution < -0.4 is 9.44 Å². The van der Waals surface area contributed by atoms with E-state index < -0.39 is 44.4 Å². The molecule has 3 rings (SSSR count). The Bertz CT molecular complexity index is 1240. The number of fused-ring (bicyclic) bond motifs is 1. The number of aliphatic carboxylic acids is 1. The van der Waals surface area contributed by atoms with Gasteiger partial charge in [-0.3, -0.25) is 4.79 Å². The van der Waals surface area contributed by atoms with Crippen LogP contribution in [0.1, 0.15) is 11.1 Å². The van der Waals surface area contributed by atoms with Crippen molar-refractivity contribution in [2.24, 2.45) is 0 Å². The van der Waals surface area contributed by atoms with Gasteiger partial charge in [0.05, 0.1) is 11.5 Å². The number of carbonyl (C=O) groups is 1. The van der Waals surface area contributed by atoms with Crippen molar-refractivity contribution in [2.45, 2.75) is 17.5 Å². The molecule has 1 aromatic heterocycles. The Hall–Kier alpha value is -2.31. The average molecular weight is 469 g/mol. The smallest absolute Gasteiger partial charge is 0.323 e. The molecule has 160 valence electrons. The second kappa shape index (κ2) is 9.23. The van der Waals surface area contributed by atoms with Gasteiger partial charge < -0.3 is 5.11 Å². The van der Waals surface area contributed by atoms with Crippen LogP contribution >= 0.6 is 11.3 Å². The molecule has 3 aromatic rings. The zero-order valence-corrected chi connectivity index (χ0v) is 18.1. The molecule has 0 aliphatic heterocycles. The molecule has 8 nitrogen and oxygen atoms in total. The van der Waals surface area contributed by atoms with Crippen LogP contribution in [0.3, 0.4) is 0 Å². The molecule has 0 amide bonds. The summed E-state index contributed by atoms with van der Waals surface area (Å²) in [6.07, 6.45) is 0. The molecule has 0 saturated carbocycles. The van der Waals surface area contributed by atoms with Crippen molar-refractivity contribution in [1.82, 2.24) is 9.44 Å². The summed E-state index contributed by atoms with van der Waals surface area (Å²) in [6, 6.07) is 13.8. The van der Waals surface area contributed by atoms with Crippen molar-refractivity contribution >= 4 is 47.4 Å². The first-order valence-electron chi connectivity index (χ1n) is 8.84. The number of sulfonamides is 2. The quantitative estimate of drug-likeness (QED) is 0.417. The lowest BCUT2D eigenvalue weighted by atomic mass is 10.2. The topological polar surface area (TPSA) is 130 Å². The molecular weight excluding hydrogens is 448 g/mol. The Morgan fingerprint density at radius 1 is 0.933 bits per heavy atom. The minimum Gasteiger partial charge on any atom is -0.480 e. The van der Waals surface area contributed by atoms with Crippen molar-refractivity contribution < 1.29 is 26.7 Å². The van der Waals surface area contributed by atoms with Gasteiger partial charge in [0.2, 0.25) is 20.0 Å². The molecule has 0 spiro atoms. The fourth-order valence-electron chi connectivity index (χ4n) is 2.82. The summed E-state index contributed by atoms with van der Waals surface area (Å²) in [7, 11) is -7.86. The van der Waals surface area contributed by atoms with Crippen LogP contribution in [-0.2, 0) is 36.3 Å². The van der Waals surface area contributed by atoms with Gasteiger partial charge in [-0.1, -0.05) is 36.4 Å². The summed E-state index contributed by atoms with van der Waals surface area (Å²) in [5.41, 5.74) is 1.03. The summed E-state index contributed by atoms with van der Waals surface area (Å²) in [4.78, 5) is 11.5. The fraction of sp³-hybridized carbons (Fsp3) is 0.211. The predicted molar refractivity (Wildman–Crippen MR) is 116 cm³/mol. The lowest BCUT2D eigenvalue weighted by Gasteiger charge is -2.16. The van der Waals surface area contributed by atoms with Gasteiger partial charge in [-0.25, -0.2) is 21.6 Å². The number of hydrogen-bond acceptors (Lipinski definition) is 6. The largest absolute Gasteiger partial charge is 0.480 e. The number of benzene rings is 2. The van der Waals surface area contributed by atoms with Crippen LogP contribution in [0.25, 0.3) is 10.1 Å². The minimum absolute atomic E-state index is 0.340. The van der Waals surface area contributed by atoms with E-state index in [4.69, 9.17) is 0 Å². The van der Waals surface area contributed by atoms with Gasteiger partial charge in [-0.05, 0) is 40.1 Å². The molecule has 0 aliphatic carbocycles. The van der Waals surface area contributed by atoms with Gasteiger partial charge in [0.25, 0.3) is 0 Å². The zero-order chi connectivity index (χ0) is 21.8. The summed E-state index contributed by atoms with van der Waals surface area (Å²) in [5.74, 6) is -2.23. The van der Waals surface area contributed by atoms with E-state index in [1.165, 1.54) is 11.3 Å². The fourth-order valence-corrected chi connectivity index (χ4v) is 6.06. The van der Waals surface area contributed by atoms with Gasteiger partial charge in [0.1, 0.15) is 6.04 Å². The lowest BCUT2D eigenvalue weighted by Crippen LogP contribution is -2.48. The summed E-state index contributed by atoms with van der Waals surface area (Å²) in [6.45, 7) is -0.604.